The average molecular weight is 224 g/mol. The Morgan fingerprint density at radius 2 is 1.87 bits per heavy atom. The van der Waals surface area contributed by atoms with Crippen LogP contribution in [-0.4, -0.2) is 10.2 Å². The number of halogens is 2. The van der Waals surface area contributed by atoms with Gasteiger partial charge < -0.3 is 5.32 Å². The average Bonchev–Trinajstić information content (AvgIpc) is 2.25. The number of nitrogens with one attached hydrogen (secondary N) is 1. The zero-order valence-electron chi connectivity index (χ0n) is 7.61. The summed E-state index contributed by atoms with van der Waals surface area (Å²) in [5.41, 5.74) is 0.356. The van der Waals surface area contributed by atoms with E-state index in [1.165, 1.54) is 6.07 Å². The summed E-state index contributed by atoms with van der Waals surface area (Å²) in [6.07, 6.45) is 0. The van der Waals surface area contributed by atoms with Gasteiger partial charge in [0.2, 0.25) is 0 Å². The minimum Gasteiger partial charge on any atom is -0.336 e. The minimum atomic E-state index is -0.339. The van der Waals surface area contributed by atoms with Gasteiger partial charge in [0.1, 0.15) is 5.82 Å². The fourth-order valence-electron chi connectivity index (χ4n) is 1.08. The first kappa shape index (κ1) is 9.86. The smallest absolute Gasteiger partial charge is 0.153 e. The summed E-state index contributed by atoms with van der Waals surface area (Å²) < 4.78 is 13.2. The zero-order valence-corrected chi connectivity index (χ0v) is 8.37. The summed E-state index contributed by atoms with van der Waals surface area (Å²) in [6.45, 7) is 0. The Labute approximate surface area is 90.9 Å². The number of nitrogens with zero attached hydrogens (tertiary/aromatic N) is 2. The predicted molar refractivity (Wildman–Crippen MR) is 56.7 cm³/mol. The molecule has 0 atom stereocenters. The maximum absolute atomic E-state index is 13.2. The first-order valence-electron chi connectivity index (χ1n) is 4.26. The van der Waals surface area contributed by atoms with Crippen LogP contribution in [0.4, 0.5) is 15.9 Å². The van der Waals surface area contributed by atoms with Gasteiger partial charge in [-0.1, -0.05) is 23.7 Å². The zero-order chi connectivity index (χ0) is 10.7. The van der Waals surface area contributed by atoms with E-state index < -0.39 is 0 Å². The van der Waals surface area contributed by atoms with Gasteiger partial charge in [-0.15, -0.1) is 10.2 Å². The van der Waals surface area contributed by atoms with Crippen LogP contribution in [-0.2, 0) is 0 Å². The summed E-state index contributed by atoms with van der Waals surface area (Å²) in [5.74, 6) is 0.110. The van der Waals surface area contributed by atoms with Gasteiger partial charge >= 0.3 is 0 Å². The third kappa shape index (κ3) is 2.41. The lowest BCUT2D eigenvalue weighted by Gasteiger charge is -2.04. The molecule has 1 N–H and O–H groups in total. The molecule has 2 rings (SSSR count). The SMILES string of the molecule is Fc1ccccc1Nc1ccc(Cl)nn1. The largest absolute Gasteiger partial charge is 0.336 e. The monoisotopic (exact) mass is 223 g/mol. The van der Waals surface area contributed by atoms with Crippen LogP contribution < -0.4 is 5.32 Å². The van der Waals surface area contributed by atoms with Crippen molar-refractivity contribution in [3.63, 3.8) is 0 Å². The lowest BCUT2D eigenvalue weighted by molar-refractivity contribution is 0.631. The molecule has 0 aliphatic heterocycles. The molecular weight excluding hydrogens is 217 g/mol. The van der Waals surface area contributed by atoms with Crippen molar-refractivity contribution in [1.29, 1.82) is 0 Å². The lowest BCUT2D eigenvalue weighted by atomic mass is 10.3. The fourth-order valence-corrected chi connectivity index (χ4v) is 1.18. The number of hydrogen-bond acceptors (Lipinski definition) is 3. The first-order valence-corrected chi connectivity index (χ1v) is 4.64. The maximum atomic E-state index is 13.2. The molecule has 5 heteroatoms. The Kier molecular flexibility index (Phi) is 2.78. The number of para-hydroxylation sites is 1. The standard InChI is InChI=1S/C10H7ClFN3/c11-9-5-6-10(15-14-9)13-8-4-2-1-3-7(8)12/h1-6H,(H,13,15). The van der Waals surface area contributed by atoms with E-state index in [9.17, 15) is 4.39 Å². The highest BCUT2D eigenvalue weighted by atomic mass is 35.5. The molecule has 3 nitrogen and oxygen atoms in total. The molecule has 1 aromatic carbocycles. The van der Waals surface area contributed by atoms with E-state index in [1.807, 2.05) is 0 Å². The minimum absolute atomic E-state index is 0.300. The normalized spacial score (nSPS) is 10.0. The summed E-state index contributed by atoms with van der Waals surface area (Å²) in [6, 6.07) is 9.54. The van der Waals surface area contributed by atoms with Crippen molar-refractivity contribution in [2.75, 3.05) is 5.32 Å². The Balaban J connectivity index is 2.22. The van der Waals surface area contributed by atoms with Crippen molar-refractivity contribution in [3.05, 3.63) is 47.4 Å². The van der Waals surface area contributed by atoms with E-state index in [-0.39, 0.29) is 5.82 Å². The van der Waals surface area contributed by atoms with Crippen LogP contribution in [0.25, 0.3) is 0 Å². The molecule has 0 amide bonds. The van der Waals surface area contributed by atoms with Gasteiger partial charge in [-0.25, -0.2) is 4.39 Å². The molecule has 0 saturated heterocycles. The molecule has 0 radical (unpaired) electrons. The number of benzene rings is 1. The van der Waals surface area contributed by atoms with Crippen molar-refractivity contribution in [2.45, 2.75) is 0 Å². The Morgan fingerprint density at radius 1 is 1.07 bits per heavy atom. The van der Waals surface area contributed by atoms with Crippen LogP contribution in [0.5, 0.6) is 0 Å². The molecule has 0 aliphatic rings. The third-order valence-electron chi connectivity index (χ3n) is 1.77. The van der Waals surface area contributed by atoms with Gasteiger partial charge in [0.25, 0.3) is 0 Å². The molecule has 1 aromatic heterocycles. The quantitative estimate of drug-likeness (QED) is 0.851. The summed E-state index contributed by atoms with van der Waals surface area (Å²) in [5, 5.41) is 10.5. The molecule has 0 fully saturated rings. The molecule has 76 valence electrons. The third-order valence-corrected chi connectivity index (χ3v) is 1.97. The first-order chi connectivity index (χ1) is 7.25. The second-order valence-electron chi connectivity index (χ2n) is 2.85. The van der Waals surface area contributed by atoms with Gasteiger partial charge in [0.15, 0.2) is 11.0 Å². The van der Waals surface area contributed by atoms with Gasteiger partial charge in [0, 0.05) is 0 Å². The second kappa shape index (κ2) is 4.23. The molecule has 1 heterocycles. The lowest BCUT2D eigenvalue weighted by Crippen LogP contribution is -1.96. The van der Waals surface area contributed by atoms with Crippen molar-refractivity contribution in [2.24, 2.45) is 0 Å². The summed E-state index contributed by atoms with van der Waals surface area (Å²) >= 11 is 5.57. The maximum Gasteiger partial charge on any atom is 0.153 e. The topological polar surface area (TPSA) is 37.8 Å². The van der Waals surface area contributed by atoms with Crippen LogP contribution >= 0.6 is 11.6 Å². The fraction of sp³-hybridized carbons (Fsp3) is 0. The molecular formula is C10H7ClFN3. The number of aromatic nitrogens is 2. The molecule has 0 bridgehead atoms. The molecule has 0 saturated carbocycles. The van der Waals surface area contributed by atoms with Gasteiger partial charge in [-0.05, 0) is 24.3 Å². The van der Waals surface area contributed by atoms with Crippen molar-refractivity contribution >= 4 is 23.1 Å². The highest BCUT2D eigenvalue weighted by Gasteiger charge is 2.01. The van der Waals surface area contributed by atoms with Crippen LogP contribution in [0.3, 0.4) is 0 Å². The van der Waals surface area contributed by atoms with Gasteiger partial charge in [0.05, 0.1) is 5.69 Å². The van der Waals surface area contributed by atoms with E-state index in [0.717, 1.165) is 0 Å². The second-order valence-corrected chi connectivity index (χ2v) is 3.23. The highest BCUT2D eigenvalue weighted by molar-refractivity contribution is 6.29. The van der Waals surface area contributed by atoms with Gasteiger partial charge in [-0.3, -0.25) is 0 Å². The highest BCUT2D eigenvalue weighted by Crippen LogP contribution is 2.17. The van der Waals surface area contributed by atoms with E-state index >= 15 is 0 Å². The summed E-state index contributed by atoms with van der Waals surface area (Å²) in [7, 11) is 0. The van der Waals surface area contributed by atoms with E-state index in [4.69, 9.17) is 11.6 Å². The molecule has 0 unspecified atom stereocenters. The number of rotatable bonds is 2. The van der Waals surface area contributed by atoms with Crippen molar-refractivity contribution in [3.8, 4) is 0 Å². The predicted octanol–water partition coefficient (Wildman–Crippen LogP) is 3.01. The van der Waals surface area contributed by atoms with E-state index in [2.05, 4.69) is 15.5 Å². The molecule has 2 aromatic rings. The molecule has 15 heavy (non-hydrogen) atoms. The van der Waals surface area contributed by atoms with Crippen molar-refractivity contribution < 1.29 is 4.39 Å². The van der Waals surface area contributed by atoms with Crippen LogP contribution in [0.1, 0.15) is 0 Å². The van der Waals surface area contributed by atoms with E-state index in [0.29, 0.717) is 16.7 Å². The number of hydrogen-bond donors (Lipinski definition) is 1. The summed E-state index contributed by atoms with van der Waals surface area (Å²) in [4.78, 5) is 0. The van der Waals surface area contributed by atoms with E-state index in [1.54, 1.807) is 30.3 Å². The van der Waals surface area contributed by atoms with Crippen LogP contribution in [0.15, 0.2) is 36.4 Å². The van der Waals surface area contributed by atoms with Crippen LogP contribution in [0, 0.1) is 5.82 Å². The van der Waals surface area contributed by atoms with Gasteiger partial charge in [-0.2, -0.15) is 0 Å². The Hall–Kier alpha value is -1.68. The molecule has 0 spiro atoms. The van der Waals surface area contributed by atoms with Crippen molar-refractivity contribution in [1.82, 2.24) is 10.2 Å². The Bertz CT molecular complexity index is 458. The van der Waals surface area contributed by atoms with Crippen LogP contribution in [0.2, 0.25) is 5.15 Å². The number of anilines is 2. The molecule has 0 aliphatic carbocycles. The Morgan fingerprint density at radius 3 is 2.53 bits per heavy atom.